The van der Waals surface area contributed by atoms with Gasteiger partial charge in [0.2, 0.25) is 11.8 Å². The number of carboxylic acid groups (broad SMARTS) is 1. The maximum Gasteiger partial charge on any atom is 0.303 e. The SMILES string of the molecule is CC(C)N[C@@H](CN)C(=O)NCCCNC(=O)[C@H](CCC(=O)O)NC(C)(C)C. The number of hydrogen-bond donors (Lipinski definition) is 6. The highest BCUT2D eigenvalue weighted by atomic mass is 16.4. The Kier molecular flexibility index (Phi) is 11.8. The number of carboxylic acids is 1. The highest BCUT2D eigenvalue weighted by Crippen LogP contribution is 2.06. The fourth-order valence-electron chi connectivity index (χ4n) is 2.47. The summed E-state index contributed by atoms with van der Waals surface area (Å²) in [6.07, 6.45) is 0.701. The van der Waals surface area contributed by atoms with Crippen LogP contribution in [0.3, 0.4) is 0 Å². The summed E-state index contributed by atoms with van der Waals surface area (Å²) in [7, 11) is 0. The molecule has 9 nitrogen and oxygen atoms in total. The van der Waals surface area contributed by atoms with Crippen LogP contribution >= 0.6 is 0 Å². The number of hydrogen-bond acceptors (Lipinski definition) is 6. The molecule has 0 aliphatic heterocycles. The van der Waals surface area contributed by atoms with Gasteiger partial charge in [-0.3, -0.25) is 14.4 Å². The van der Waals surface area contributed by atoms with Gasteiger partial charge in [0.05, 0.1) is 12.1 Å². The van der Waals surface area contributed by atoms with Crippen molar-refractivity contribution in [1.82, 2.24) is 21.3 Å². The Morgan fingerprint density at radius 1 is 1.00 bits per heavy atom. The third-order valence-corrected chi connectivity index (χ3v) is 3.61. The summed E-state index contributed by atoms with van der Waals surface area (Å²) in [5, 5.41) is 20.7. The molecule has 0 unspecified atom stereocenters. The number of amides is 2. The maximum absolute atomic E-state index is 12.3. The van der Waals surface area contributed by atoms with Gasteiger partial charge in [0.25, 0.3) is 0 Å². The van der Waals surface area contributed by atoms with E-state index < -0.39 is 18.1 Å². The van der Waals surface area contributed by atoms with Gasteiger partial charge in [0.1, 0.15) is 0 Å². The standard InChI is InChI=1S/C18H37N5O4/c1-12(2)22-14(11-19)17(27)21-10-6-9-20-16(26)13(7-8-15(24)25)23-18(3,4)5/h12-14,22-23H,6-11,19H2,1-5H3,(H,20,26)(H,21,27)(H,24,25)/t13-,14-/m0/s1. The molecule has 0 bridgehead atoms. The van der Waals surface area contributed by atoms with Gasteiger partial charge < -0.3 is 32.1 Å². The molecule has 0 aliphatic carbocycles. The first-order valence-corrected chi connectivity index (χ1v) is 9.47. The normalized spacial score (nSPS) is 13.9. The van der Waals surface area contributed by atoms with Gasteiger partial charge >= 0.3 is 5.97 Å². The van der Waals surface area contributed by atoms with Crippen molar-refractivity contribution in [3.05, 3.63) is 0 Å². The topological polar surface area (TPSA) is 146 Å². The van der Waals surface area contributed by atoms with Crippen molar-refractivity contribution in [3.63, 3.8) is 0 Å². The minimum atomic E-state index is -0.935. The highest BCUT2D eigenvalue weighted by Gasteiger charge is 2.24. The Bertz CT molecular complexity index is 477. The zero-order valence-corrected chi connectivity index (χ0v) is 17.2. The van der Waals surface area contributed by atoms with E-state index in [4.69, 9.17) is 10.8 Å². The van der Waals surface area contributed by atoms with E-state index in [0.717, 1.165) is 0 Å². The molecule has 0 spiro atoms. The Labute approximate surface area is 162 Å². The third-order valence-electron chi connectivity index (χ3n) is 3.61. The van der Waals surface area contributed by atoms with E-state index in [-0.39, 0.29) is 42.8 Å². The van der Waals surface area contributed by atoms with E-state index in [1.807, 2.05) is 34.6 Å². The van der Waals surface area contributed by atoms with E-state index in [1.54, 1.807) is 0 Å². The number of rotatable bonds is 13. The van der Waals surface area contributed by atoms with Crippen LogP contribution in [0.5, 0.6) is 0 Å². The van der Waals surface area contributed by atoms with Gasteiger partial charge in [-0.1, -0.05) is 13.8 Å². The van der Waals surface area contributed by atoms with Crippen molar-refractivity contribution in [2.75, 3.05) is 19.6 Å². The molecule has 0 aliphatic rings. The van der Waals surface area contributed by atoms with E-state index in [2.05, 4.69) is 21.3 Å². The van der Waals surface area contributed by atoms with E-state index in [1.165, 1.54) is 0 Å². The summed E-state index contributed by atoms with van der Waals surface area (Å²) in [6, 6.07) is -0.856. The smallest absolute Gasteiger partial charge is 0.303 e. The molecule has 0 aromatic heterocycles. The van der Waals surface area contributed by atoms with Crippen LogP contribution in [-0.2, 0) is 14.4 Å². The summed E-state index contributed by atoms with van der Waals surface area (Å²) in [5.74, 6) is -1.33. The average molecular weight is 388 g/mol. The molecular weight excluding hydrogens is 350 g/mol. The second kappa shape index (κ2) is 12.6. The predicted molar refractivity (Wildman–Crippen MR) is 105 cm³/mol. The molecule has 2 amide bonds. The van der Waals surface area contributed by atoms with Crippen molar-refractivity contribution in [3.8, 4) is 0 Å². The minimum absolute atomic E-state index is 0.0828. The molecule has 0 aromatic rings. The molecule has 0 saturated heterocycles. The van der Waals surface area contributed by atoms with Crippen molar-refractivity contribution < 1.29 is 19.5 Å². The zero-order valence-electron chi connectivity index (χ0n) is 17.2. The van der Waals surface area contributed by atoms with E-state index in [0.29, 0.717) is 19.5 Å². The quantitative estimate of drug-likeness (QED) is 0.235. The molecule has 0 fully saturated rings. The van der Waals surface area contributed by atoms with Crippen LogP contribution in [-0.4, -0.2) is 66.2 Å². The van der Waals surface area contributed by atoms with Gasteiger partial charge in [0.15, 0.2) is 0 Å². The Morgan fingerprint density at radius 3 is 1.93 bits per heavy atom. The lowest BCUT2D eigenvalue weighted by molar-refractivity contribution is -0.137. The van der Waals surface area contributed by atoms with Crippen LogP contribution in [0.25, 0.3) is 0 Å². The molecule has 0 rings (SSSR count). The molecule has 0 saturated carbocycles. The molecule has 2 atom stereocenters. The maximum atomic E-state index is 12.3. The molecular formula is C18H37N5O4. The van der Waals surface area contributed by atoms with Crippen molar-refractivity contribution >= 4 is 17.8 Å². The van der Waals surface area contributed by atoms with Crippen molar-refractivity contribution in [1.29, 1.82) is 0 Å². The molecule has 7 N–H and O–H groups in total. The first-order valence-electron chi connectivity index (χ1n) is 9.47. The molecule has 0 aromatic carbocycles. The fraction of sp³-hybridized carbons (Fsp3) is 0.833. The van der Waals surface area contributed by atoms with Gasteiger partial charge in [-0.15, -0.1) is 0 Å². The average Bonchev–Trinajstić information content (AvgIpc) is 2.54. The highest BCUT2D eigenvalue weighted by molar-refractivity contribution is 5.83. The Balaban J connectivity index is 4.29. The number of nitrogens with one attached hydrogen (secondary N) is 4. The number of carbonyl (C=O) groups is 3. The summed E-state index contributed by atoms with van der Waals surface area (Å²) < 4.78 is 0. The second-order valence-corrected chi connectivity index (χ2v) is 7.92. The largest absolute Gasteiger partial charge is 0.481 e. The van der Waals surface area contributed by atoms with Crippen LogP contribution in [0.2, 0.25) is 0 Å². The summed E-state index contributed by atoms with van der Waals surface area (Å²) >= 11 is 0. The number of carbonyl (C=O) groups excluding carboxylic acids is 2. The van der Waals surface area contributed by atoms with Crippen molar-refractivity contribution in [2.24, 2.45) is 5.73 Å². The summed E-state index contributed by atoms with van der Waals surface area (Å²) in [5.41, 5.74) is 5.29. The first-order chi connectivity index (χ1) is 12.5. The Hall–Kier alpha value is -1.71. The van der Waals surface area contributed by atoms with E-state index in [9.17, 15) is 14.4 Å². The van der Waals surface area contributed by atoms with Crippen molar-refractivity contribution in [2.45, 2.75) is 77.5 Å². The van der Waals surface area contributed by atoms with Crippen LogP contribution in [0.15, 0.2) is 0 Å². The fourth-order valence-corrected chi connectivity index (χ4v) is 2.47. The van der Waals surface area contributed by atoms with Crippen LogP contribution in [0, 0.1) is 0 Å². The van der Waals surface area contributed by atoms with Gasteiger partial charge in [-0.2, -0.15) is 0 Å². The molecule has 158 valence electrons. The van der Waals surface area contributed by atoms with Gasteiger partial charge in [-0.05, 0) is 33.6 Å². The molecule has 9 heteroatoms. The number of nitrogens with two attached hydrogens (primary N) is 1. The minimum Gasteiger partial charge on any atom is -0.481 e. The van der Waals surface area contributed by atoms with Crippen LogP contribution < -0.4 is 27.0 Å². The molecule has 27 heavy (non-hydrogen) atoms. The lowest BCUT2D eigenvalue weighted by Crippen LogP contribution is -2.52. The summed E-state index contributed by atoms with van der Waals surface area (Å²) in [4.78, 5) is 35.1. The van der Waals surface area contributed by atoms with Crippen LogP contribution in [0.1, 0.15) is 53.9 Å². The Morgan fingerprint density at radius 2 is 1.52 bits per heavy atom. The number of aliphatic carboxylic acids is 1. The lowest BCUT2D eigenvalue weighted by Gasteiger charge is -2.27. The van der Waals surface area contributed by atoms with Gasteiger partial charge in [0, 0.05) is 37.6 Å². The second-order valence-electron chi connectivity index (χ2n) is 7.92. The monoisotopic (exact) mass is 387 g/mol. The zero-order chi connectivity index (χ0) is 21.0. The molecule has 0 heterocycles. The van der Waals surface area contributed by atoms with Gasteiger partial charge in [-0.25, -0.2) is 0 Å². The van der Waals surface area contributed by atoms with Crippen LogP contribution in [0.4, 0.5) is 0 Å². The van der Waals surface area contributed by atoms with E-state index >= 15 is 0 Å². The summed E-state index contributed by atoms with van der Waals surface area (Å²) in [6.45, 7) is 10.7. The third kappa shape index (κ3) is 13.2. The predicted octanol–water partition coefficient (Wildman–Crippen LogP) is -0.444. The lowest BCUT2D eigenvalue weighted by atomic mass is 10.0. The molecule has 0 radical (unpaired) electrons. The first kappa shape index (κ1) is 25.3.